The van der Waals surface area contributed by atoms with Crippen molar-refractivity contribution < 1.29 is 4.74 Å². The van der Waals surface area contributed by atoms with Crippen LogP contribution in [0.15, 0.2) is 0 Å². The first-order chi connectivity index (χ1) is 7.81. The van der Waals surface area contributed by atoms with E-state index in [9.17, 15) is 0 Å². The quantitative estimate of drug-likeness (QED) is 0.571. The lowest BCUT2D eigenvalue weighted by Gasteiger charge is -2.19. The molecule has 104 valence electrons. The molecule has 2 heteroatoms. The Labute approximate surface area is 109 Å². The molecule has 0 unspecified atom stereocenters. The second-order valence-electron chi connectivity index (χ2n) is 6.79. The molecule has 0 amide bonds. The Morgan fingerprint density at radius 1 is 1.06 bits per heavy atom. The van der Waals surface area contributed by atoms with Gasteiger partial charge in [-0.1, -0.05) is 34.6 Å². The highest BCUT2D eigenvalue weighted by atomic mass is 16.5. The van der Waals surface area contributed by atoms with Crippen LogP contribution in [0.2, 0.25) is 0 Å². The molecule has 0 aromatic heterocycles. The lowest BCUT2D eigenvalue weighted by Crippen LogP contribution is -2.25. The van der Waals surface area contributed by atoms with E-state index in [2.05, 4.69) is 46.6 Å². The minimum absolute atomic E-state index is 0.445. The summed E-state index contributed by atoms with van der Waals surface area (Å²) in [6.45, 7) is 15.5. The van der Waals surface area contributed by atoms with Crippen LogP contribution in [0, 0.1) is 11.3 Å². The molecule has 0 spiro atoms. The summed E-state index contributed by atoms with van der Waals surface area (Å²) in [6, 6.07) is 0. The fourth-order valence-corrected chi connectivity index (χ4v) is 1.96. The first-order valence-corrected chi connectivity index (χ1v) is 7.07. The summed E-state index contributed by atoms with van der Waals surface area (Å²) >= 11 is 0. The summed E-state index contributed by atoms with van der Waals surface area (Å²) in [5.41, 5.74) is 0.445. The molecule has 0 bridgehead atoms. The van der Waals surface area contributed by atoms with Crippen LogP contribution in [0.5, 0.6) is 0 Å². The average molecular weight is 243 g/mol. The van der Waals surface area contributed by atoms with E-state index in [1.54, 1.807) is 0 Å². The molecule has 0 radical (unpaired) electrons. The molecule has 0 saturated heterocycles. The molecule has 17 heavy (non-hydrogen) atoms. The summed E-state index contributed by atoms with van der Waals surface area (Å²) in [5.74, 6) is 0.757. The first-order valence-electron chi connectivity index (χ1n) is 7.07. The van der Waals surface area contributed by atoms with E-state index in [0.29, 0.717) is 5.41 Å². The van der Waals surface area contributed by atoms with Crippen LogP contribution in [-0.4, -0.2) is 38.3 Å². The molecule has 0 rings (SSSR count). The van der Waals surface area contributed by atoms with Crippen molar-refractivity contribution >= 4 is 0 Å². The number of nitrogens with zero attached hydrogens (tertiary/aromatic N) is 1. The summed E-state index contributed by atoms with van der Waals surface area (Å²) < 4.78 is 5.66. The van der Waals surface area contributed by atoms with Gasteiger partial charge in [-0.2, -0.15) is 0 Å². The van der Waals surface area contributed by atoms with Gasteiger partial charge in [0.05, 0.1) is 0 Å². The van der Waals surface area contributed by atoms with Crippen molar-refractivity contribution in [2.75, 3.05) is 33.4 Å². The Morgan fingerprint density at radius 3 is 2.18 bits per heavy atom. The third-order valence-corrected chi connectivity index (χ3v) is 2.72. The summed E-state index contributed by atoms with van der Waals surface area (Å²) in [4.78, 5) is 2.39. The molecular weight excluding hydrogens is 210 g/mol. The second-order valence-corrected chi connectivity index (χ2v) is 6.79. The zero-order valence-corrected chi connectivity index (χ0v) is 12.9. The third-order valence-electron chi connectivity index (χ3n) is 2.72. The Bertz CT molecular complexity index is 172. The van der Waals surface area contributed by atoms with Crippen LogP contribution >= 0.6 is 0 Å². The van der Waals surface area contributed by atoms with E-state index in [-0.39, 0.29) is 0 Å². The number of hydrogen-bond donors (Lipinski definition) is 0. The highest BCUT2D eigenvalue weighted by Crippen LogP contribution is 2.20. The van der Waals surface area contributed by atoms with E-state index >= 15 is 0 Å². The van der Waals surface area contributed by atoms with Crippen LogP contribution in [-0.2, 0) is 4.74 Å². The van der Waals surface area contributed by atoms with Gasteiger partial charge in [0.25, 0.3) is 0 Å². The van der Waals surface area contributed by atoms with Gasteiger partial charge < -0.3 is 9.64 Å². The molecule has 0 fully saturated rings. The van der Waals surface area contributed by atoms with Crippen LogP contribution in [0.3, 0.4) is 0 Å². The van der Waals surface area contributed by atoms with Gasteiger partial charge in [-0.15, -0.1) is 0 Å². The highest BCUT2D eigenvalue weighted by molar-refractivity contribution is 4.60. The Morgan fingerprint density at radius 2 is 1.65 bits per heavy atom. The molecule has 0 aromatic carbocycles. The topological polar surface area (TPSA) is 12.5 Å². The van der Waals surface area contributed by atoms with Crippen LogP contribution in [0.4, 0.5) is 0 Å². The molecule has 0 saturated carbocycles. The van der Waals surface area contributed by atoms with Crippen molar-refractivity contribution in [2.24, 2.45) is 11.3 Å². The van der Waals surface area contributed by atoms with Crippen molar-refractivity contribution in [3.8, 4) is 0 Å². The maximum absolute atomic E-state index is 5.66. The summed E-state index contributed by atoms with van der Waals surface area (Å²) in [6.07, 6.45) is 3.59. The van der Waals surface area contributed by atoms with E-state index in [0.717, 1.165) is 32.1 Å². The highest BCUT2D eigenvalue weighted by Gasteiger charge is 2.08. The normalized spacial score (nSPS) is 12.7. The predicted octanol–water partition coefficient (Wildman–Crippen LogP) is 3.81. The smallest absolute Gasteiger partial charge is 0.0478 e. The van der Waals surface area contributed by atoms with Crippen molar-refractivity contribution in [1.82, 2.24) is 4.90 Å². The first kappa shape index (κ1) is 16.9. The molecule has 0 aliphatic carbocycles. The number of ether oxygens (including phenoxy) is 1. The Kier molecular flexibility index (Phi) is 8.89. The Balaban J connectivity index is 3.24. The average Bonchev–Trinajstić information content (AvgIpc) is 2.13. The van der Waals surface area contributed by atoms with Gasteiger partial charge in [0.15, 0.2) is 0 Å². The van der Waals surface area contributed by atoms with Gasteiger partial charge in [0.2, 0.25) is 0 Å². The van der Waals surface area contributed by atoms with Gasteiger partial charge in [-0.25, -0.2) is 0 Å². The van der Waals surface area contributed by atoms with Crippen molar-refractivity contribution in [3.05, 3.63) is 0 Å². The molecule has 0 aliphatic heterocycles. The zero-order valence-electron chi connectivity index (χ0n) is 12.9. The van der Waals surface area contributed by atoms with Crippen LogP contribution in [0.25, 0.3) is 0 Å². The van der Waals surface area contributed by atoms with Gasteiger partial charge in [0.1, 0.15) is 0 Å². The van der Waals surface area contributed by atoms with Crippen LogP contribution < -0.4 is 0 Å². The van der Waals surface area contributed by atoms with Crippen LogP contribution in [0.1, 0.15) is 53.9 Å². The molecular formula is C15H33NO. The lowest BCUT2D eigenvalue weighted by molar-refractivity contribution is 0.112. The Hall–Kier alpha value is -0.0800. The molecule has 2 nitrogen and oxygen atoms in total. The summed E-state index contributed by atoms with van der Waals surface area (Å²) in [7, 11) is 2.19. The summed E-state index contributed by atoms with van der Waals surface area (Å²) in [5, 5.41) is 0. The third kappa shape index (κ3) is 13.9. The fraction of sp³-hybridized carbons (Fsp3) is 1.00. The minimum Gasteiger partial charge on any atom is -0.381 e. The van der Waals surface area contributed by atoms with Crippen molar-refractivity contribution in [2.45, 2.75) is 53.9 Å². The van der Waals surface area contributed by atoms with Crippen molar-refractivity contribution in [3.63, 3.8) is 0 Å². The van der Waals surface area contributed by atoms with Gasteiger partial charge in [-0.3, -0.25) is 0 Å². The standard InChI is InChI=1S/C15H33NO/c1-14(2)13-16(6)10-8-12-17-11-7-9-15(3,4)5/h14H,7-13H2,1-6H3. The van der Waals surface area contributed by atoms with Crippen molar-refractivity contribution in [1.29, 1.82) is 0 Å². The van der Waals surface area contributed by atoms with E-state index < -0.39 is 0 Å². The molecule has 0 aromatic rings. The maximum atomic E-state index is 5.66. The predicted molar refractivity (Wildman–Crippen MR) is 76.5 cm³/mol. The second kappa shape index (κ2) is 8.93. The van der Waals surface area contributed by atoms with Gasteiger partial charge in [0, 0.05) is 26.3 Å². The zero-order chi connectivity index (χ0) is 13.3. The number of rotatable bonds is 9. The van der Waals surface area contributed by atoms with E-state index in [4.69, 9.17) is 4.74 Å². The lowest BCUT2D eigenvalue weighted by atomic mass is 9.91. The van der Waals surface area contributed by atoms with Gasteiger partial charge >= 0.3 is 0 Å². The van der Waals surface area contributed by atoms with Gasteiger partial charge in [-0.05, 0) is 37.6 Å². The van der Waals surface area contributed by atoms with E-state index in [1.165, 1.54) is 19.4 Å². The molecule has 0 N–H and O–H groups in total. The monoisotopic (exact) mass is 243 g/mol. The fourth-order valence-electron chi connectivity index (χ4n) is 1.96. The maximum Gasteiger partial charge on any atom is 0.0478 e. The largest absolute Gasteiger partial charge is 0.381 e. The number of hydrogen-bond acceptors (Lipinski definition) is 2. The SMILES string of the molecule is CC(C)CN(C)CCCOCCCC(C)(C)C. The van der Waals surface area contributed by atoms with E-state index in [1.807, 2.05) is 0 Å². The minimum atomic E-state index is 0.445. The molecule has 0 heterocycles. The molecule has 0 atom stereocenters. The molecule has 0 aliphatic rings.